The number of likely N-dealkylation sites (N-methyl/N-ethyl adjacent to an activating group) is 1. The van der Waals surface area contributed by atoms with Gasteiger partial charge in [-0.25, -0.2) is 24.7 Å². The summed E-state index contributed by atoms with van der Waals surface area (Å²) in [7, 11) is 2.17. The normalized spacial score (nSPS) is 17.9. The van der Waals surface area contributed by atoms with Crippen molar-refractivity contribution in [2.24, 2.45) is 0 Å². The third kappa shape index (κ3) is 15.4. The summed E-state index contributed by atoms with van der Waals surface area (Å²) in [5, 5.41) is 13.2. The molecule has 12 rings (SSSR count). The van der Waals surface area contributed by atoms with Crippen molar-refractivity contribution in [3.8, 4) is 0 Å². The number of hydrogen-bond donors (Lipinski definition) is 4. The summed E-state index contributed by atoms with van der Waals surface area (Å²) >= 11 is 0. The van der Waals surface area contributed by atoms with Crippen LogP contribution in [-0.2, 0) is 35.4 Å². The third-order valence-electron chi connectivity index (χ3n) is 20.1. The summed E-state index contributed by atoms with van der Waals surface area (Å²) in [4.78, 5) is 101. The van der Waals surface area contributed by atoms with Gasteiger partial charge in [0.15, 0.2) is 0 Å². The highest BCUT2D eigenvalue weighted by molar-refractivity contribution is 6.08. The molecule has 24 heteroatoms. The molecule has 0 spiro atoms. The number of carbonyl (C=O) groups excluding carboxylic acids is 4. The van der Waals surface area contributed by atoms with Crippen LogP contribution in [0.4, 0.5) is 74.3 Å². The first-order valence-electron chi connectivity index (χ1n) is 35.5. The molecule has 4 N–H and O–H groups in total. The van der Waals surface area contributed by atoms with Gasteiger partial charge >= 0.3 is 6.09 Å². The number of carbonyl (C=O) groups is 4. The smallest absolute Gasteiger partial charge is 0.410 e. The van der Waals surface area contributed by atoms with Gasteiger partial charge in [0.1, 0.15) is 28.9 Å². The fourth-order valence-electron chi connectivity index (χ4n) is 13.7. The summed E-state index contributed by atoms with van der Waals surface area (Å²) in [6, 6.07) is 21.0. The number of amides is 4. The molecule has 2 aromatic carbocycles. The van der Waals surface area contributed by atoms with Crippen molar-refractivity contribution in [2.45, 2.75) is 182 Å². The molecule has 4 aromatic heterocycles. The first kappa shape index (κ1) is 72.0. The molecule has 6 aliphatic heterocycles. The van der Waals surface area contributed by atoms with Gasteiger partial charge in [-0.1, -0.05) is 41.5 Å². The van der Waals surface area contributed by atoms with Gasteiger partial charge in [0.25, 0.3) is 0 Å². The minimum atomic E-state index is -0.633. The predicted octanol–water partition coefficient (Wildman–Crippen LogP) is 11.7. The second-order valence-corrected chi connectivity index (χ2v) is 29.0. The maximum atomic E-state index is 13.2. The standard InChI is InChI=1S/C28H40N6O3.C24H34N6O.C22H31N7O/c1-8-20(9-2)34-23-22(28(6,7)24(34)35)18-29-25(31-23)30-19-10-12-21(13-11-19)32-14-16-33(17-15-32)26(36)37-27(3,4)5;1-6-18(7-2)30-21-20(24(3,4)22(30)31)16-25-23(27-21)26-17-8-10-19(11-9-17)29-14-12-28(5)13-15-29;1-5-15(6-2)29-19-17(22(3,4)20(29)30)14-25-21(27-19)26-18-8-7-16(13-24-18)28-11-9-23-10-12-28/h10-13,18,20H,8-9,14-17H2,1-7H3,(H,29,30,31);8-11,16,18H,6-7,12-15H2,1-5H3,(H,25,26,27);7-8,13-15,23H,5-6,9-12H2,1-4H3,(H,24,25,26,27). The van der Waals surface area contributed by atoms with E-state index in [-0.39, 0.29) is 41.9 Å². The zero-order valence-electron chi connectivity index (χ0n) is 60.8. The number of fused-ring (bicyclic) bond motifs is 3. The molecule has 3 saturated heterocycles. The molecule has 6 aliphatic rings. The minimum Gasteiger partial charge on any atom is -0.444 e. The fourth-order valence-corrected chi connectivity index (χ4v) is 13.7. The van der Waals surface area contributed by atoms with Crippen molar-refractivity contribution in [3.05, 3.63) is 102 Å². The average Bonchev–Trinajstić information content (AvgIpc) is 1.60. The van der Waals surface area contributed by atoms with Crippen LogP contribution in [0, 0.1) is 0 Å². The Bertz CT molecular complexity index is 3730. The van der Waals surface area contributed by atoms with Gasteiger partial charge in [-0.2, -0.15) is 15.0 Å². The number of aromatic nitrogens is 7. The molecule has 98 heavy (non-hydrogen) atoms. The lowest BCUT2D eigenvalue weighted by atomic mass is 9.88. The highest BCUT2D eigenvalue weighted by atomic mass is 16.6. The maximum Gasteiger partial charge on any atom is 0.410 e. The molecule has 0 saturated carbocycles. The number of rotatable bonds is 18. The van der Waals surface area contributed by atoms with Gasteiger partial charge in [-0.15, -0.1) is 0 Å². The third-order valence-corrected chi connectivity index (χ3v) is 20.1. The number of pyridine rings is 1. The molecule has 4 amide bonds. The molecule has 24 nitrogen and oxygen atoms in total. The number of hydrogen-bond acceptors (Lipinski definition) is 20. The average molecular weight is 1340 g/mol. The lowest BCUT2D eigenvalue weighted by Gasteiger charge is -2.36. The van der Waals surface area contributed by atoms with Crippen molar-refractivity contribution in [1.82, 2.24) is 50.0 Å². The number of ether oxygens (including phenoxy) is 1. The van der Waals surface area contributed by atoms with Crippen LogP contribution in [0.15, 0.2) is 85.5 Å². The maximum absolute atomic E-state index is 13.2. The highest BCUT2D eigenvalue weighted by Crippen LogP contribution is 2.45. The van der Waals surface area contributed by atoms with E-state index in [0.717, 1.165) is 149 Å². The van der Waals surface area contributed by atoms with E-state index in [4.69, 9.17) is 19.7 Å². The Kier molecular flexibility index (Phi) is 22.1. The summed E-state index contributed by atoms with van der Waals surface area (Å²) in [5.74, 6) is 4.59. The molecule has 6 aromatic rings. The summed E-state index contributed by atoms with van der Waals surface area (Å²) in [6.45, 7) is 41.0. The van der Waals surface area contributed by atoms with Gasteiger partial charge in [0.05, 0.1) is 28.1 Å². The molecular weight excluding hydrogens is 1230 g/mol. The van der Waals surface area contributed by atoms with Gasteiger partial charge in [-0.05, 0) is 169 Å². The second kappa shape index (κ2) is 30.1. The van der Waals surface area contributed by atoms with E-state index in [1.807, 2.05) is 108 Å². The molecule has 3 fully saturated rings. The molecule has 0 radical (unpaired) electrons. The molecule has 0 aliphatic carbocycles. The van der Waals surface area contributed by atoms with Crippen LogP contribution in [0.5, 0.6) is 0 Å². The van der Waals surface area contributed by atoms with Crippen molar-refractivity contribution >= 4 is 93.4 Å². The Hall–Kier alpha value is -8.77. The van der Waals surface area contributed by atoms with E-state index in [2.05, 4.69) is 152 Å². The Morgan fingerprint density at radius 2 is 0.816 bits per heavy atom. The predicted molar refractivity (Wildman–Crippen MR) is 393 cm³/mol. The molecule has 0 atom stereocenters. The Morgan fingerprint density at radius 1 is 0.469 bits per heavy atom. The largest absolute Gasteiger partial charge is 0.444 e. The van der Waals surface area contributed by atoms with Crippen LogP contribution in [0.25, 0.3) is 0 Å². The van der Waals surface area contributed by atoms with Crippen molar-refractivity contribution in [1.29, 1.82) is 0 Å². The monoisotopic (exact) mass is 1340 g/mol. The lowest BCUT2D eigenvalue weighted by molar-refractivity contribution is -0.123. The Labute approximate surface area is 580 Å². The zero-order valence-corrected chi connectivity index (χ0v) is 60.8. The topological polar surface area (TPSA) is 242 Å². The van der Waals surface area contributed by atoms with Gasteiger partial charge in [0, 0.05) is 155 Å². The minimum absolute atomic E-state index is 0.0822. The number of piperazine rings is 3. The summed E-state index contributed by atoms with van der Waals surface area (Å²) < 4.78 is 5.49. The van der Waals surface area contributed by atoms with Crippen molar-refractivity contribution < 1.29 is 23.9 Å². The van der Waals surface area contributed by atoms with E-state index in [0.29, 0.717) is 48.4 Å². The van der Waals surface area contributed by atoms with Crippen molar-refractivity contribution in [3.63, 3.8) is 0 Å². The summed E-state index contributed by atoms with van der Waals surface area (Å²) in [6.07, 6.45) is 12.3. The van der Waals surface area contributed by atoms with E-state index in [9.17, 15) is 19.2 Å². The van der Waals surface area contributed by atoms with Gasteiger partial charge in [-0.3, -0.25) is 29.1 Å². The van der Waals surface area contributed by atoms with Crippen LogP contribution in [0.2, 0.25) is 0 Å². The SMILES string of the molecule is CCC(CC)N1C(=O)C(C)(C)c2cnc(Nc3ccc(N4CCN(C(=O)OC(C)(C)C)CC4)cc3)nc21.CCC(CC)N1C(=O)C(C)(C)c2cnc(Nc3ccc(N4CCN(C)CC4)cc3)nc21.CCC(CC)N1C(=O)C(C)(C)c2cnc(Nc3ccc(N4CCNCC4)cn3)nc21. The first-order valence-corrected chi connectivity index (χ1v) is 35.5. The molecular formula is C74H105N19O5. The van der Waals surface area contributed by atoms with Crippen molar-refractivity contribution in [2.75, 3.05) is 131 Å². The van der Waals surface area contributed by atoms with Crippen LogP contribution in [0.1, 0.15) is 159 Å². The van der Waals surface area contributed by atoms with Crippen LogP contribution < -0.4 is 50.7 Å². The zero-order chi connectivity index (χ0) is 70.4. The molecule has 10 heterocycles. The number of nitrogens with zero attached hydrogens (tertiary/aromatic N) is 15. The number of nitrogens with one attached hydrogen (secondary N) is 4. The van der Waals surface area contributed by atoms with Gasteiger partial charge in [0.2, 0.25) is 35.6 Å². The van der Waals surface area contributed by atoms with Gasteiger partial charge < -0.3 is 50.5 Å². The van der Waals surface area contributed by atoms with E-state index >= 15 is 0 Å². The Morgan fingerprint density at radius 3 is 1.16 bits per heavy atom. The Balaban J connectivity index is 0.000000160. The quantitative estimate of drug-likeness (QED) is 0.0625. The van der Waals surface area contributed by atoms with Crippen LogP contribution >= 0.6 is 0 Å². The molecule has 0 bridgehead atoms. The molecule has 526 valence electrons. The van der Waals surface area contributed by atoms with Crippen LogP contribution in [0.3, 0.4) is 0 Å². The lowest BCUT2D eigenvalue weighted by Crippen LogP contribution is -2.50. The number of anilines is 12. The first-order chi connectivity index (χ1) is 46.7. The summed E-state index contributed by atoms with van der Waals surface area (Å²) in [5.41, 5.74) is 5.58. The molecule has 0 unspecified atom stereocenters. The second-order valence-electron chi connectivity index (χ2n) is 29.0. The van der Waals surface area contributed by atoms with Crippen LogP contribution in [-0.4, -0.2) is 178 Å². The van der Waals surface area contributed by atoms with E-state index in [1.165, 1.54) is 5.69 Å². The highest BCUT2D eigenvalue weighted by Gasteiger charge is 2.50. The number of benzene rings is 2. The van der Waals surface area contributed by atoms with E-state index in [1.54, 1.807) is 17.3 Å². The fraction of sp³-hybridized carbons (Fsp3) is 0.554. The van der Waals surface area contributed by atoms with E-state index < -0.39 is 21.8 Å².